The van der Waals surface area contributed by atoms with Gasteiger partial charge in [0.05, 0.1) is 5.69 Å². The van der Waals surface area contributed by atoms with E-state index in [2.05, 4.69) is 10.7 Å². The molecule has 0 aliphatic rings. The summed E-state index contributed by atoms with van der Waals surface area (Å²) in [5.74, 6) is 5.19. The first-order valence-electron chi connectivity index (χ1n) is 6.16. The van der Waals surface area contributed by atoms with Gasteiger partial charge in [-0.3, -0.25) is 10.6 Å². The maximum absolute atomic E-state index is 12.2. The molecule has 2 rings (SSSR count). The maximum Gasteiger partial charge on any atom is 0.255 e. The Labute approximate surface area is 122 Å². The summed E-state index contributed by atoms with van der Waals surface area (Å²) in [5, 5.41) is 3.44. The molecule has 0 unspecified atom stereocenters. The number of aryl methyl sites for hydroxylation is 2. The van der Waals surface area contributed by atoms with E-state index < -0.39 is 0 Å². The van der Waals surface area contributed by atoms with Crippen LogP contribution in [0.25, 0.3) is 0 Å². The number of nitrogens with one attached hydrogen (secondary N) is 2. The zero-order chi connectivity index (χ0) is 14.7. The number of nitrogens with two attached hydrogens (primary N) is 1. The molecule has 20 heavy (non-hydrogen) atoms. The lowest BCUT2D eigenvalue weighted by Crippen LogP contribution is -2.14. The number of nitrogen functional groups attached to an aromatic ring is 1. The molecule has 5 heteroatoms. The van der Waals surface area contributed by atoms with Crippen LogP contribution in [0.4, 0.5) is 11.4 Å². The lowest BCUT2D eigenvalue weighted by Gasteiger charge is -2.10. The molecule has 0 heterocycles. The van der Waals surface area contributed by atoms with Crippen molar-refractivity contribution in [1.82, 2.24) is 0 Å². The lowest BCUT2D eigenvalue weighted by molar-refractivity contribution is 0.102. The van der Waals surface area contributed by atoms with E-state index in [-0.39, 0.29) is 5.91 Å². The number of rotatable bonds is 3. The van der Waals surface area contributed by atoms with Crippen LogP contribution < -0.4 is 16.6 Å². The quantitative estimate of drug-likeness (QED) is 0.598. The highest BCUT2D eigenvalue weighted by atomic mass is 35.5. The Morgan fingerprint density at radius 1 is 1.05 bits per heavy atom. The van der Waals surface area contributed by atoms with Gasteiger partial charge in [-0.2, -0.15) is 0 Å². The van der Waals surface area contributed by atoms with Gasteiger partial charge in [0, 0.05) is 16.3 Å². The van der Waals surface area contributed by atoms with Gasteiger partial charge >= 0.3 is 0 Å². The molecule has 0 bridgehead atoms. The predicted molar refractivity (Wildman–Crippen MR) is 83.1 cm³/mol. The number of amides is 1. The second-order valence-electron chi connectivity index (χ2n) is 4.59. The van der Waals surface area contributed by atoms with E-state index >= 15 is 0 Å². The number of halogens is 1. The van der Waals surface area contributed by atoms with Crippen molar-refractivity contribution in [2.24, 2.45) is 5.84 Å². The zero-order valence-corrected chi connectivity index (χ0v) is 12.1. The Morgan fingerprint density at radius 3 is 2.45 bits per heavy atom. The van der Waals surface area contributed by atoms with Gasteiger partial charge < -0.3 is 10.7 Å². The highest BCUT2D eigenvalue weighted by Gasteiger charge is 2.09. The third kappa shape index (κ3) is 3.10. The van der Waals surface area contributed by atoms with E-state index in [4.69, 9.17) is 17.4 Å². The van der Waals surface area contributed by atoms with Crippen LogP contribution in [0.3, 0.4) is 0 Å². The minimum absolute atomic E-state index is 0.179. The fraction of sp³-hybridized carbons (Fsp3) is 0.133. The molecule has 4 nitrogen and oxygen atoms in total. The molecule has 2 aromatic carbocycles. The normalized spacial score (nSPS) is 10.2. The van der Waals surface area contributed by atoms with Gasteiger partial charge in [0.2, 0.25) is 0 Å². The van der Waals surface area contributed by atoms with Crippen LogP contribution in [0, 0.1) is 13.8 Å². The largest absolute Gasteiger partial charge is 0.324 e. The molecule has 0 saturated carbocycles. The van der Waals surface area contributed by atoms with E-state index in [9.17, 15) is 4.79 Å². The lowest BCUT2D eigenvalue weighted by atomic mass is 10.1. The van der Waals surface area contributed by atoms with Crippen molar-refractivity contribution in [1.29, 1.82) is 0 Å². The Balaban J connectivity index is 2.24. The van der Waals surface area contributed by atoms with Crippen LogP contribution in [-0.4, -0.2) is 5.91 Å². The van der Waals surface area contributed by atoms with Crippen LogP contribution in [0.15, 0.2) is 36.4 Å². The summed E-state index contributed by atoms with van der Waals surface area (Å²) in [6.45, 7) is 3.80. The van der Waals surface area contributed by atoms with Crippen LogP contribution in [0.2, 0.25) is 5.02 Å². The van der Waals surface area contributed by atoms with Gasteiger partial charge in [-0.1, -0.05) is 17.7 Å². The minimum atomic E-state index is -0.179. The van der Waals surface area contributed by atoms with Crippen molar-refractivity contribution < 1.29 is 4.79 Å². The molecule has 2 aromatic rings. The third-order valence-corrected chi connectivity index (χ3v) is 3.33. The summed E-state index contributed by atoms with van der Waals surface area (Å²) in [6.07, 6.45) is 0. The van der Waals surface area contributed by atoms with Crippen LogP contribution in [0.1, 0.15) is 21.5 Å². The predicted octanol–water partition coefficient (Wildman–Crippen LogP) is 3.49. The summed E-state index contributed by atoms with van der Waals surface area (Å²) in [5.41, 5.74) is 6.51. The summed E-state index contributed by atoms with van der Waals surface area (Å²) in [6, 6.07) is 10.7. The van der Waals surface area contributed by atoms with Gasteiger partial charge in [-0.25, -0.2) is 0 Å². The average Bonchev–Trinajstić information content (AvgIpc) is 2.42. The first-order chi connectivity index (χ1) is 9.51. The van der Waals surface area contributed by atoms with Gasteiger partial charge in [-0.05, 0) is 55.3 Å². The highest BCUT2D eigenvalue weighted by Crippen LogP contribution is 2.22. The van der Waals surface area contributed by atoms with Crippen molar-refractivity contribution in [2.75, 3.05) is 10.7 Å². The number of anilines is 2. The summed E-state index contributed by atoms with van der Waals surface area (Å²) in [4.78, 5) is 12.2. The molecule has 0 atom stereocenters. The van der Waals surface area contributed by atoms with Gasteiger partial charge in [0.25, 0.3) is 5.91 Å². The van der Waals surface area contributed by atoms with Gasteiger partial charge in [-0.15, -0.1) is 0 Å². The zero-order valence-electron chi connectivity index (χ0n) is 11.3. The molecule has 0 aliphatic heterocycles. The van der Waals surface area contributed by atoms with Crippen LogP contribution in [-0.2, 0) is 0 Å². The van der Waals surface area contributed by atoms with E-state index in [0.717, 1.165) is 16.8 Å². The molecular weight excluding hydrogens is 274 g/mol. The summed E-state index contributed by atoms with van der Waals surface area (Å²) < 4.78 is 0. The van der Waals surface area contributed by atoms with E-state index in [1.807, 2.05) is 19.9 Å². The number of hydrogen-bond acceptors (Lipinski definition) is 3. The number of benzene rings is 2. The SMILES string of the molecule is Cc1cc(C(=O)Nc2cc(Cl)ccc2C)ccc1NN. The number of carbonyl (C=O) groups is 1. The Hall–Kier alpha value is -2.04. The van der Waals surface area contributed by atoms with E-state index in [1.165, 1.54) is 0 Å². The Morgan fingerprint density at radius 2 is 1.80 bits per heavy atom. The standard InChI is InChI=1S/C15H16ClN3O/c1-9-3-5-12(16)8-14(9)18-15(20)11-4-6-13(19-17)10(2)7-11/h3-8,19H,17H2,1-2H3,(H,18,20). The average molecular weight is 290 g/mol. The Bertz CT molecular complexity index is 656. The first-order valence-corrected chi connectivity index (χ1v) is 6.54. The molecule has 1 amide bonds. The van der Waals surface area contributed by atoms with Crippen molar-refractivity contribution in [3.8, 4) is 0 Å². The number of hydrazine groups is 1. The second-order valence-corrected chi connectivity index (χ2v) is 5.02. The van der Waals surface area contributed by atoms with Crippen LogP contribution in [0.5, 0.6) is 0 Å². The summed E-state index contributed by atoms with van der Waals surface area (Å²) >= 11 is 5.94. The minimum Gasteiger partial charge on any atom is -0.324 e. The molecule has 0 saturated heterocycles. The Kier molecular flexibility index (Phi) is 4.27. The van der Waals surface area contributed by atoms with Crippen molar-refractivity contribution in [3.05, 3.63) is 58.1 Å². The maximum atomic E-state index is 12.2. The van der Waals surface area contributed by atoms with Gasteiger partial charge in [0.15, 0.2) is 0 Å². The van der Waals surface area contributed by atoms with E-state index in [1.54, 1.807) is 30.3 Å². The fourth-order valence-corrected chi connectivity index (χ4v) is 2.06. The molecular formula is C15H16ClN3O. The van der Waals surface area contributed by atoms with Gasteiger partial charge in [0.1, 0.15) is 0 Å². The summed E-state index contributed by atoms with van der Waals surface area (Å²) in [7, 11) is 0. The van der Waals surface area contributed by atoms with E-state index in [0.29, 0.717) is 16.3 Å². The van der Waals surface area contributed by atoms with Crippen molar-refractivity contribution in [2.45, 2.75) is 13.8 Å². The van der Waals surface area contributed by atoms with Crippen molar-refractivity contribution in [3.63, 3.8) is 0 Å². The van der Waals surface area contributed by atoms with Crippen LogP contribution >= 0.6 is 11.6 Å². The second kappa shape index (κ2) is 5.94. The monoisotopic (exact) mass is 289 g/mol. The topological polar surface area (TPSA) is 67.2 Å². The molecule has 104 valence electrons. The molecule has 4 N–H and O–H groups in total. The molecule has 0 aromatic heterocycles. The number of carbonyl (C=O) groups excluding carboxylic acids is 1. The van der Waals surface area contributed by atoms with Crippen molar-refractivity contribution >= 4 is 28.9 Å². The fourth-order valence-electron chi connectivity index (χ4n) is 1.89. The molecule has 0 radical (unpaired) electrons. The third-order valence-electron chi connectivity index (χ3n) is 3.09. The number of hydrogen-bond donors (Lipinski definition) is 3. The molecule has 0 spiro atoms. The highest BCUT2D eigenvalue weighted by molar-refractivity contribution is 6.31. The molecule has 0 fully saturated rings. The smallest absolute Gasteiger partial charge is 0.255 e. The first kappa shape index (κ1) is 14.4. The molecule has 0 aliphatic carbocycles.